The first-order chi connectivity index (χ1) is 6.75. The van der Waals surface area contributed by atoms with E-state index in [1.807, 2.05) is 21.0 Å². The summed E-state index contributed by atoms with van der Waals surface area (Å²) >= 11 is 0. The van der Waals surface area contributed by atoms with Gasteiger partial charge in [-0.25, -0.2) is 0 Å². The Morgan fingerprint density at radius 3 is 2.40 bits per heavy atom. The number of amides is 1. The Labute approximate surface area is 93.2 Å². The second-order valence-electron chi connectivity index (χ2n) is 5.00. The zero-order valence-corrected chi connectivity index (χ0v) is 10.6. The summed E-state index contributed by atoms with van der Waals surface area (Å²) in [4.78, 5) is 13.5. The van der Waals surface area contributed by atoms with Crippen LogP contribution >= 0.6 is 0 Å². The first-order valence-electron chi connectivity index (χ1n) is 5.45. The van der Waals surface area contributed by atoms with E-state index in [9.17, 15) is 4.79 Å². The van der Waals surface area contributed by atoms with E-state index in [4.69, 9.17) is 5.73 Å². The van der Waals surface area contributed by atoms with Crippen LogP contribution in [0.25, 0.3) is 0 Å². The Hall–Kier alpha value is -0.610. The van der Waals surface area contributed by atoms with Gasteiger partial charge in [0.2, 0.25) is 5.91 Å². The lowest BCUT2D eigenvalue weighted by molar-refractivity contribution is -0.121. The van der Waals surface area contributed by atoms with Crippen LogP contribution in [0.4, 0.5) is 0 Å². The number of hydrogen-bond acceptors (Lipinski definition) is 3. The van der Waals surface area contributed by atoms with Crippen molar-refractivity contribution in [2.75, 3.05) is 20.6 Å². The van der Waals surface area contributed by atoms with Gasteiger partial charge in [0.1, 0.15) is 0 Å². The predicted molar refractivity (Wildman–Crippen MR) is 63.7 cm³/mol. The van der Waals surface area contributed by atoms with Crippen LogP contribution in [0, 0.1) is 0 Å². The van der Waals surface area contributed by atoms with Crippen molar-refractivity contribution in [2.45, 2.75) is 45.2 Å². The molecule has 1 unspecified atom stereocenters. The van der Waals surface area contributed by atoms with Gasteiger partial charge in [-0.2, -0.15) is 0 Å². The first kappa shape index (κ1) is 14.4. The van der Waals surface area contributed by atoms with E-state index in [-0.39, 0.29) is 17.5 Å². The molecule has 0 rings (SSSR count). The monoisotopic (exact) mass is 215 g/mol. The lowest BCUT2D eigenvalue weighted by Gasteiger charge is -2.32. The number of hydrogen-bond donors (Lipinski definition) is 2. The highest BCUT2D eigenvalue weighted by atomic mass is 16.1. The van der Waals surface area contributed by atoms with E-state index in [0.29, 0.717) is 13.0 Å². The van der Waals surface area contributed by atoms with Gasteiger partial charge in [-0.05, 0) is 41.3 Å². The van der Waals surface area contributed by atoms with Gasteiger partial charge in [0.05, 0.1) is 0 Å². The molecule has 0 fully saturated rings. The molecule has 0 bridgehead atoms. The minimum absolute atomic E-state index is 0.00993. The number of likely N-dealkylation sites (N-methyl/N-ethyl adjacent to an activating group) is 1. The molecule has 0 aliphatic carbocycles. The molecule has 1 amide bonds. The fraction of sp³-hybridized carbons (Fsp3) is 0.909. The van der Waals surface area contributed by atoms with E-state index < -0.39 is 0 Å². The maximum atomic E-state index is 11.4. The molecule has 0 aromatic heterocycles. The Morgan fingerprint density at radius 1 is 1.47 bits per heavy atom. The SMILES string of the molecule is CC(N)CCC(=O)NCC(C)(C)N(C)C. The van der Waals surface area contributed by atoms with Crippen LogP contribution in [0.3, 0.4) is 0 Å². The second-order valence-corrected chi connectivity index (χ2v) is 5.00. The summed E-state index contributed by atoms with van der Waals surface area (Å²) in [6, 6.07) is 0.0950. The molecular weight excluding hydrogens is 190 g/mol. The van der Waals surface area contributed by atoms with Gasteiger partial charge in [-0.15, -0.1) is 0 Å². The van der Waals surface area contributed by atoms with Crippen LogP contribution in [-0.4, -0.2) is 43.0 Å². The zero-order valence-electron chi connectivity index (χ0n) is 10.6. The Kier molecular flexibility index (Phi) is 5.83. The maximum Gasteiger partial charge on any atom is 0.220 e. The molecule has 0 radical (unpaired) electrons. The largest absolute Gasteiger partial charge is 0.354 e. The van der Waals surface area contributed by atoms with Crippen molar-refractivity contribution in [1.82, 2.24) is 10.2 Å². The van der Waals surface area contributed by atoms with Crippen molar-refractivity contribution in [1.29, 1.82) is 0 Å². The normalized spacial score (nSPS) is 14.1. The fourth-order valence-corrected chi connectivity index (χ4v) is 0.920. The number of rotatable bonds is 6. The molecule has 4 nitrogen and oxygen atoms in total. The summed E-state index contributed by atoms with van der Waals surface area (Å²) in [6.45, 7) is 6.77. The number of carbonyl (C=O) groups is 1. The van der Waals surface area contributed by atoms with Crippen LogP contribution < -0.4 is 11.1 Å². The summed E-state index contributed by atoms with van der Waals surface area (Å²) in [6.07, 6.45) is 1.26. The van der Waals surface area contributed by atoms with Crippen LogP contribution in [0.2, 0.25) is 0 Å². The Bertz CT molecular complexity index is 200. The highest BCUT2D eigenvalue weighted by Crippen LogP contribution is 2.07. The van der Waals surface area contributed by atoms with Crippen molar-refractivity contribution in [3.8, 4) is 0 Å². The molecule has 0 aliphatic rings. The third-order valence-corrected chi connectivity index (χ3v) is 2.76. The van der Waals surface area contributed by atoms with E-state index in [1.165, 1.54) is 0 Å². The Morgan fingerprint density at radius 2 is 2.00 bits per heavy atom. The summed E-state index contributed by atoms with van der Waals surface area (Å²) in [5.74, 6) is 0.0854. The molecule has 90 valence electrons. The van der Waals surface area contributed by atoms with Gasteiger partial charge in [0.15, 0.2) is 0 Å². The van der Waals surface area contributed by atoms with Crippen molar-refractivity contribution in [3.05, 3.63) is 0 Å². The number of nitrogens with zero attached hydrogens (tertiary/aromatic N) is 1. The molecule has 15 heavy (non-hydrogen) atoms. The van der Waals surface area contributed by atoms with E-state index in [0.717, 1.165) is 6.42 Å². The maximum absolute atomic E-state index is 11.4. The highest BCUT2D eigenvalue weighted by molar-refractivity contribution is 5.75. The molecule has 0 aliphatic heterocycles. The molecule has 3 N–H and O–H groups in total. The molecule has 0 spiro atoms. The minimum atomic E-state index is -0.00993. The average molecular weight is 215 g/mol. The fourth-order valence-electron chi connectivity index (χ4n) is 0.920. The topological polar surface area (TPSA) is 58.4 Å². The standard InChI is InChI=1S/C11H25N3O/c1-9(12)6-7-10(15)13-8-11(2,3)14(4)5/h9H,6-8,12H2,1-5H3,(H,13,15). The average Bonchev–Trinajstić information content (AvgIpc) is 2.11. The van der Waals surface area contributed by atoms with Crippen LogP contribution in [0.5, 0.6) is 0 Å². The second kappa shape index (κ2) is 6.08. The molecule has 4 heteroatoms. The smallest absolute Gasteiger partial charge is 0.220 e. The quantitative estimate of drug-likeness (QED) is 0.681. The lowest BCUT2D eigenvalue weighted by Crippen LogP contribution is -2.48. The number of nitrogens with one attached hydrogen (secondary N) is 1. The zero-order chi connectivity index (χ0) is 12.1. The summed E-state index contributed by atoms with van der Waals surface area (Å²) in [5.41, 5.74) is 5.57. The molecule has 0 aromatic carbocycles. The van der Waals surface area contributed by atoms with Crippen molar-refractivity contribution in [2.24, 2.45) is 5.73 Å². The minimum Gasteiger partial charge on any atom is -0.354 e. The summed E-state index contributed by atoms with van der Waals surface area (Å²) in [7, 11) is 4.02. The van der Waals surface area contributed by atoms with Gasteiger partial charge >= 0.3 is 0 Å². The van der Waals surface area contributed by atoms with Crippen LogP contribution in [0.15, 0.2) is 0 Å². The molecule has 0 saturated heterocycles. The summed E-state index contributed by atoms with van der Waals surface area (Å²) < 4.78 is 0. The van der Waals surface area contributed by atoms with Crippen LogP contribution in [-0.2, 0) is 4.79 Å². The van der Waals surface area contributed by atoms with Crippen molar-refractivity contribution < 1.29 is 4.79 Å². The third kappa shape index (κ3) is 6.47. The van der Waals surface area contributed by atoms with Gasteiger partial charge in [0, 0.05) is 24.5 Å². The molecular formula is C11H25N3O. The third-order valence-electron chi connectivity index (χ3n) is 2.76. The van der Waals surface area contributed by atoms with Gasteiger partial charge in [-0.3, -0.25) is 4.79 Å². The molecule has 1 atom stereocenters. The van der Waals surface area contributed by atoms with Crippen LogP contribution in [0.1, 0.15) is 33.6 Å². The molecule has 0 saturated carbocycles. The van der Waals surface area contributed by atoms with E-state index in [1.54, 1.807) is 0 Å². The predicted octanol–water partition coefficient (Wildman–Crippen LogP) is 0.570. The highest BCUT2D eigenvalue weighted by Gasteiger charge is 2.20. The van der Waals surface area contributed by atoms with Crippen molar-refractivity contribution >= 4 is 5.91 Å². The van der Waals surface area contributed by atoms with Gasteiger partial charge in [0.25, 0.3) is 0 Å². The number of nitrogens with two attached hydrogens (primary N) is 1. The first-order valence-corrected chi connectivity index (χ1v) is 5.45. The van der Waals surface area contributed by atoms with Crippen molar-refractivity contribution in [3.63, 3.8) is 0 Å². The Balaban J connectivity index is 3.80. The van der Waals surface area contributed by atoms with Gasteiger partial charge in [-0.1, -0.05) is 0 Å². The molecule has 0 heterocycles. The van der Waals surface area contributed by atoms with Gasteiger partial charge < -0.3 is 16.0 Å². The lowest BCUT2D eigenvalue weighted by atomic mass is 10.0. The van der Waals surface area contributed by atoms with E-state index in [2.05, 4.69) is 24.1 Å². The molecule has 0 aromatic rings. The van der Waals surface area contributed by atoms with E-state index >= 15 is 0 Å². The summed E-state index contributed by atoms with van der Waals surface area (Å²) in [5, 5.41) is 2.92. The number of carbonyl (C=O) groups excluding carboxylic acids is 1.